The van der Waals surface area contributed by atoms with Crippen LogP contribution in [0.5, 0.6) is 0 Å². The fourth-order valence-electron chi connectivity index (χ4n) is 3.33. The summed E-state index contributed by atoms with van der Waals surface area (Å²) in [7, 11) is 2.02. The Morgan fingerprint density at radius 3 is 2.84 bits per heavy atom. The molecule has 2 atom stereocenters. The Morgan fingerprint density at radius 2 is 2.05 bits per heavy atom. The number of rotatable bonds is 5. The van der Waals surface area contributed by atoms with Crippen molar-refractivity contribution in [2.45, 2.75) is 67.9 Å². The van der Waals surface area contributed by atoms with Crippen LogP contribution >= 0.6 is 11.8 Å². The monoisotopic (exact) mass is 281 g/mol. The maximum Gasteiger partial charge on any atom is 0.231 e. The standard InChI is InChI=1S/C14H23N3OS/c1-15-12-8-4-7-11(12)14-16-13(17-18-14)9-19-10-5-2-3-6-10/h10-12,15H,2-9H2,1H3. The average Bonchev–Trinajstić information content (AvgIpc) is 3.16. The van der Waals surface area contributed by atoms with Gasteiger partial charge in [0.05, 0.1) is 11.7 Å². The summed E-state index contributed by atoms with van der Waals surface area (Å²) in [6, 6.07) is 0.510. The fourth-order valence-corrected chi connectivity index (χ4v) is 4.49. The van der Waals surface area contributed by atoms with Crippen LogP contribution in [0.15, 0.2) is 4.52 Å². The van der Waals surface area contributed by atoms with E-state index in [-0.39, 0.29) is 0 Å². The minimum Gasteiger partial charge on any atom is -0.339 e. The molecule has 1 heterocycles. The highest BCUT2D eigenvalue weighted by molar-refractivity contribution is 7.99. The molecule has 0 bridgehead atoms. The first-order chi connectivity index (χ1) is 9.36. The van der Waals surface area contributed by atoms with Gasteiger partial charge >= 0.3 is 0 Å². The molecule has 2 aliphatic carbocycles. The molecule has 2 fully saturated rings. The lowest BCUT2D eigenvalue weighted by molar-refractivity contribution is 0.333. The summed E-state index contributed by atoms with van der Waals surface area (Å²) in [5.74, 6) is 3.06. The zero-order valence-corrected chi connectivity index (χ0v) is 12.4. The van der Waals surface area contributed by atoms with Crippen LogP contribution in [0.2, 0.25) is 0 Å². The van der Waals surface area contributed by atoms with Gasteiger partial charge in [-0.2, -0.15) is 16.7 Å². The second-order valence-electron chi connectivity index (χ2n) is 5.70. The highest BCUT2D eigenvalue weighted by atomic mass is 32.2. The van der Waals surface area contributed by atoms with Crippen molar-refractivity contribution in [1.82, 2.24) is 15.5 Å². The summed E-state index contributed by atoms with van der Waals surface area (Å²) in [6.45, 7) is 0. The molecule has 1 aromatic heterocycles. The molecular formula is C14H23N3OS. The minimum absolute atomic E-state index is 0.419. The molecule has 0 aromatic carbocycles. The number of hydrogen-bond donors (Lipinski definition) is 1. The van der Waals surface area contributed by atoms with Crippen molar-refractivity contribution in [1.29, 1.82) is 0 Å². The van der Waals surface area contributed by atoms with E-state index in [4.69, 9.17) is 4.52 Å². The number of nitrogens with zero attached hydrogens (tertiary/aromatic N) is 2. The fraction of sp³-hybridized carbons (Fsp3) is 0.857. The molecule has 2 aliphatic rings. The van der Waals surface area contributed by atoms with Crippen LogP contribution in [0.25, 0.3) is 0 Å². The number of thioether (sulfide) groups is 1. The zero-order valence-electron chi connectivity index (χ0n) is 11.6. The Kier molecular flexibility index (Phi) is 4.43. The van der Waals surface area contributed by atoms with Gasteiger partial charge in [-0.05, 0) is 32.7 Å². The number of aromatic nitrogens is 2. The molecule has 0 radical (unpaired) electrons. The molecule has 106 valence electrons. The molecule has 4 nitrogen and oxygen atoms in total. The van der Waals surface area contributed by atoms with Gasteiger partial charge in [0.25, 0.3) is 0 Å². The first kappa shape index (κ1) is 13.4. The predicted molar refractivity (Wildman–Crippen MR) is 77.3 cm³/mol. The van der Waals surface area contributed by atoms with E-state index in [1.807, 2.05) is 18.8 Å². The molecule has 19 heavy (non-hydrogen) atoms. The Bertz CT molecular complexity index is 403. The topological polar surface area (TPSA) is 51.0 Å². The van der Waals surface area contributed by atoms with Crippen molar-refractivity contribution in [2.75, 3.05) is 7.05 Å². The van der Waals surface area contributed by atoms with E-state index in [2.05, 4.69) is 15.5 Å². The molecule has 0 spiro atoms. The SMILES string of the molecule is CNC1CCCC1c1nc(CSC2CCCC2)no1. The third kappa shape index (κ3) is 3.14. The number of likely N-dealkylation sites (N-methyl/N-ethyl adjacent to an activating group) is 1. The van der Waals surface area contributed by atoms with Crippen molar-refractivity contribution in [3.8, 4) is 0 Å². The van der Waals surface area contributed by atoms with Gasteiger partial charge in [-0.15, -0.1) is 0 Å². The molecule has 0 aliphatic heterocycles. The lowest BCUT2D eigenvalue weighted by Crippen LogP contribution is -2.27. The summed E-state index contributed by atoms with van der Waals surface area (Å²) >= 11 is 2.00. The van der Waals surface area contributed by atoms with Crippen LogP contribution in [0, 0.1) is 0 Å². The van der Waals surface area contributed by atoms with Gasteiger partial charge in [0.15, 0.2) is 5.82 Å². The summed E-state index contributed by atoms with van der Waals surface area (Å²) in [5, 5.41) is 8.34. The second-order valence-corrected chi connectivity index (χ2v) is 6.99. The third-order valence-electron chi connectivity index (χ3n) is 4.44. The van der Waals surface area contributed by atoms with Crippen LogP contribution in [0.1, 0.15) is 62.6 Å². The van der Waals surface area contributed by atoms with Gasteiger partial charge in [-0.1, -0.05) is 24.4 Å². The van der Waals surface area contributed by atoms with Gasteiger partial charge in [0, 0.05) is 11.3 Å². The molecule has 5 heteroatoms. The molecule has 2 unspecified atom stereocenters. The van der Waals surface area contributed by atoms with Crippen molar-refractivity contribution in [3.05, 3.63) is 11.7 Å². The second kappa shape index (κ2) is 6.27. The van der Waals surface area contributed by atoms with Crippen LogP contribution in [-0.4, -0.2) is 28.5 Å². The Hall–Kier alpha value is -0.550. The van der Waals surface area contributed by atoms with E-state index in [9.17, 15) is 0 Å². The molecule has 1 aromatic rings. The molecule has 3 rings (SSSR count). The summed E-state index contributed by atoms with van der Waals surface area (Å²) < 4.78 is 5.48. The van der Waals surface area contributed by atoms with E-state index < -0.39 is 0 Å². The van der Waals surface area contributed by atoms with E-state index in [1.54, 1.807) is 0 Å². The lowest BCUT2D eigenvalue weighted by Gasteiger charge is -2.14. The van der Waals surface area contributed by atoms with Crippen molar-refractivity contribution >= 4 is 11.8 Å². The largest absolute Gasteiger partial charge is 0.339 e. The van der Waals surface area contributed by atoms with Crippen LogP contribution in [-0.2, 0) is 5.75 Å². The van der Waals surface area contributed by atoms with Gasteiger partial charge in [0.2, 0.25) is 5.89 Å². The number of nitrogens with one attached hydrogen (secondary N) is 1. The minimum atomic E-state index is 0.419. The van der Waals surface area contributed by atoms with Gasteiger partial charge in [-0.25, -0.2) is 0 Å². The van der Waals surface area contributed by atoms with Gasteiger partial charge in [-0.3, -0.25) is 0 Å². The zero-order chi connectivity index (χ0) is 13.1. The van der Waals surface area contributed by atoms with Crippen molar-refractivity contribution < 1.29 is 4.52 Å². The Balaban J connectivity index is 1.56. The normalized spacial score (nSPS) is 28.3. The highest BCUT2D eigenvalue weighted by Crippen LogP contribution is 2.34. The van der Waals surface area contributed by atoms with Gasteiger partial charge in [0.1, 0.15) is 0 Å². The third-order valence-corrected chi connectivity index (χ3v) is 5.81. The first-order valence-electron chi connectivity index (χ1n) is 7.48. The van der Waals surface area contributed by atoms with Crippen LogP contribution in [0.4, 0.5) is 0 Å². The maximum absolute atomic E-state index is 5.48. The van der Waals surface area contributed by atoms with Gasteiger partial charge < -0.3 is 9.84 Å². The van der Waals surface area contributed by atoms with Crippen LogP contribution in [0.3, 0.4) is 0 Å². The van der Waals surface area contributed by atoms with E-state index >= 15 is 0 Å². The molecule has 1 N–H and O–H groups in total. The molecule has 0 saturated heterocycles. The van der Waals surface area contributed by atoms with Crippen LogP contribution < -0.4 is 5.32 Å². The summed E-state index contributed by atoms with van der Waals surface area (Å²) in [6.07, 6.45) is 9.14. The summed E-state index contributed by atoms with van der Waals surface area (Å²) in [4.78, 5) is 4.61. The van der Waals surface area contributed by atoms with E-state index in [1.165, 1.54) is 44.9 Å². The highest BCUT2D eigenvalue weighted by Gasteiger charge is 2.31. The summed E-state index contributed by atoms with van der Waals surface area (Å²) in [5.41, 5.74) is 0. The predicted octanol–water partition coefficient (Wildman–Crippen LogP) is 3.10. The number of hydrogen-bond acceptors (Lipinski definition) is 5. The van der Waals surface area contributed by atoms with E-state index in [0.29, 0.717) is 12.0 Å². The Morgan fingerprint density at radius 1 is 1.21 bits per heavy atom. The maximum atomic E-state index is 5.48. The average molecular weight is 281 g/mol. The van der Waals surface area contributed by atoms with Crippen molar-refractivity contribution in [3.63, 3.8) is 0 Å². The van der Waals surface area contributed by atoms with E-state index in [0.717, 1.165) is 22.7 Å². The Labute approximate surface area is 119 Å². The molecule has 2 saturated carbocycles. The molecular weight excluding hydrogens is 258 g/mol. The van der Waals surface area contributed by atoms with Crippen molar-refractivity contribution in [2.24, 2.45) is 0 Å². The molecule has 0 amide bonds. The smallest absolute Gasteiger partial charge is 0.231 e. The first-order valence-corrected chi connectivity index (χ1v) is 8.53. The lowest BCUT2D eigenvalue weighted by atomic mass is 10.0. The quantitative estimate of drug-likeness (QED) is 0.898.